The minimum absolute atomic E-state index is 0.108. The van der Waals surface area contributed by atoms with E-state index in [4.69, 9.17) is 15.6 Å². The summed E-state index contributed by atoms with van der Waals surface area (Å²) in [7, 11) is 0. The summed E-state index contributed by atoms with van der Waals surface area (Å²) >= 11 is 0. The van der Waals surface area contributed by atoms with Crippen LogP contribution in [0, 0.1) is 0 Å². The van der Waals surface area contributed by atoms with E-state index in [1.807, 2.05) is 24.3 Å². The van der Waals surface area contributed by atoms with Gasteiger partial charge in [0.1, 0.15) is 12.4 Å². The number of fused-ring (bicyclic) bond motifs is 1. The largest absolute Gasteiger partial charge is 0.489 e. The van der Waals surface area contributed by atoms with Crippen molar-refractivity contribution in [3.63, 3.8) is 0 Å². The predicted octanol–water partition coefficient (Wildman–Crippen LogP) is 1.17. The Labute approximate surface area is 89.2 Å². The zero-order chi connectivity index (χ0) is 10.7. The smallest absolute Gasteiger partial charge is 0.127 e. The molecule has 0 saturated heterocycles. The van der Waals surface area contributed by atoms with E-state index in [-0.39, 0.29) is 12.6 Å². The van der Waals surface area contributed by atoms with Crippen molar-refractivity contribution < 1.29 is 9.84 Å². The first-order chi connectivity index (χ1) is 7.31. The van der Waals surface area contributed by atoms with Gasteiger partial charge in [-0.3, -0.25) is 0 Å². The van der Waals surface area contributed by atoms with Crippen LogP contribution >= 0.6 is 0 Å². The molecular weight excluding hydrogens is 190 g/mol. The van der Waals surface area contributed by atoms with Crippen molar-refractivity contribution in [2.45, 2.75) is 12.5 Å². The Balaban J connectivity index is 2.21. The minimum atomic E-state index is -0.108. The highest BCUT2D eigenvalue weighted by atomic mass is 16.5. The SMILES string of the molecule is NC(CCO)C1=Cc2ccccc2OC1. The Morgan fingerprint density at radius 3 is 3.00 bits per heavy atom. The molecule has 0 radical (unpaired) electrons. The first kappa shape index (κ1) is 10.2. The van der Waals surface area contributed by atoms with Gasteiger partial charge in [0.25, 0.3) is 0 Å². The fourth-order valence-corrected chi connectivity index (χ4v) is 1.67. The van der Waals surface area contributed by atoms with E-state index in [1.165, 1.54) is 0 Å². The Morgan fingerprint density at radius 2 is 2.20 bits per heavy atom. The Morgan fingerprint density at radius 1 is 1.40 bits per heavy atom. The van der Waals surface area contributed by atoms with Crippen LogP contribution in [-0.4, -0.2) is 24.4 Å². The molecular formula is C12H15NO2. The quantitative estimate of drug-likeness (QED) is 0.779. The Hall–Kier alpha value is -1.32. The van der Waals surface area contributed by atoms with Gasteiger partial charge in [-0.05, 0) is 24.1 Å². The lowest BCUT2D eigenvalue weighted by molar-refractivity contribution is 0.274. The Bertz CT molecular complexity index is 374. The lowest BCUT2D eigenvalue weighted by Crippen LogP contribution is -2.28. The summed E-state index contributed by atoms with van der Waals surface area (Å²) in [5.74, 6) is 0.900. The second-order valence-corrected chi connectivity index (χ2v) is 3.66. The van der Waals surface area contributed by atoms with Gasteiger partial charge in [0.05, 0.1) is 0 Å². The topological polar surface area (TPSA) is 55.5 Å². The van der Waals surface area contributed by atoms with E-state index in [0.717, 1.165) is 16.9 Å². The summed E-state index contributed by atoms with van der Waals surface area (Å²) in [6.07, 6.45) is 2.64. The molecule has 0 spiro atoms. The van der Waals surface area contributed by atoms with Gasteiger partial charge in [0.2, 0.25) is 0 Å². The van der Waals surface area contributed by atoms with Crippen LogP contribution in [0.15, 0.2) is 29.8 Å². The van der Waals surface area contributed by atoms with E-state index in [2.05, 4.69) is 6.08 Å². The maximum absolute atomic E-state index is 8.81. The van der Waals surface area contributed by atoms with E-state index in [0.29, 0.717) is 13.0 Å². The first-order valence-corrected chi connectivity index (χ1v) is 5.10. The fraction of sp³-hybridized carbons (Fsp3) is 0.333. The van der Waals surface area contributed by atoms with Crippen molar-refractivity contribution in [3.8, 4) is 5.75 Å². The highest BCUT2D eigenvalue weighted by Crippen LogP contribution is 2.26. The second-order valence-electron chi connectivity index (χ2n) is 3.66. The van der Waals surface area contributed by atoms with Crippen LogP contribution in [0.2, 0.25) is 0 Å². The zero-order valence-electron chi connectivity index (χ0n) is 8.52. The molecule has 1 aromatic carbocycles. The number of rotatable bonds is 3. The number of hydrogen-bond donors (Lipinski definition) is 2. The summed E-state index contributed by atoms with van der Waals surface area (Å²) in [6, 6.07) is 7.76. The molecule has 3 nitrogen and oxygen atoms in total. The van der Waals surface area contributed by atoms with Crippen molar-refractivity contribution in [2.24, 2.45) is 5.73 Å². The molecule has 1 aliphatic heterocycles. The molecule has 1 atom stereocenters. The molecule has 0 amide bonds. The number of benzene rings is 1. The van der Waals surface area contributed by atoms with Crippen molar-refractivity contribution in [1.29, 1.82) is 0 Å². The monoisotopic (exact) mass is 205 g/mol. The van der Waals surface area contributed by atoms with E-state index in [1.54, 1.807) is 0 Å². The number of aliphatic hydroxyl groups is 1. The highest BCUT2D eigenvalue weighted by molar-refractivity contribution is 5.62. The molecule has 3 heteroatoms. The molecule has 1 heterocycles. The lowest BCUT2D eigenvalue weighted by Gasteiger charge is -2.21. The van der Waals surface area contributed by atoms with Crippen molar-refractivity contribution in [2.75, 3.05) is 13.2 Å². The third-order valence-electron chi connectivity index (χ3n) is 2.57. The number of hydrogen-bond acceptors (Lipinski definition) is 3. The van der Waals surface area contributed by atoms with Crippen LogP contribution in [0.3, 0.4) is 0 Å². The van der Waals surface area contributed by atoms with Crippen molar-refractivity contribution in [3.05, 3.63) is 35.4 Å². The molecule has 0 fully saturated rings. The molecule has 1 aromatic rings. The van der Waals surface area contributed by atoms with Crippen LogP contribution < -0.4 is 10.5 Å². The number of aliphatic hydroxyl groups excluding tert-OH is 1. The fourth-order valence-electron chi connectivity index (χ4n) is 1.67. The summed E-state index contributed by atoms with van der Waals surface area (Å²) in [4.78, 5) is 0. The van der Waals surface area contributed by atoms with Crippen molar-refractivity contribution >= 4 is 6.08 Å². The molecule has 0 aromatic heterocycles. The summed E-state index contributed by atoms with van der Waals surface area (Å²) in [5.41, 5.74) is 8.01. The summed E-state index contributed by atoms with van der Waals surface area (Å²) < 4.78 is 5.57. The highest BCUT2D eigenvalue weighted by Gasteiger charge is 2.15. The molecule has 0 aliphatic carbocycles. The third-order valence-corrected chi connectivity index (χ3v) is 2.57. The van der Waals surface area contributed by atoms with Gasteiger partial charge in [0.15, 0.2) is 0 Å². The molecule has 1 aliphatic rings. The van der Waals surface area contributed by atoms with Crippen LogP contribution in [0.25, 0.3) is 6.08 Å². The molecule has 80 valence electrons. The number of nitrogens with two attached hydrogens (primary N) is 1. The first-order valence-electron chi connectivity index (χ1n) is 5.10. The second kappa shape index (κ2) is 4.47. The average molecular weight is 205 g/mol. The summed E-state index contributed by atoms with van der Waals surface area (Å²) in [5, 5.41) is 8.81. The van der Waals surface area contributed by atoms with E-state index < -0.39 is 0 Å². The van der Waals surface area contributed by atoms with Crippen LogP contribution in [0.1, 0.15) is 12.0 Å². The van der Waals surface area contributed by atoms with Gasteiger partial charge < -0.3 is 15.6 Å². The van der Waals surface area contributed by atoms with Gasteiger partial charge >= 0.3 is 0 Å². The molecule has 0 saturated carbocycles. The average Bonchev–Trinajstić information content (AvgIpc) is 2.29. The summed E-state index contributed by atoms with van der Waals surface area (Å²) in [6.45, 7) is 0.637. The number of para-hydroxylation sites is 1. The van der Waals surface area contributed by atoms with Gasteiger partial charge in [-0.15, -0.1) is 0 Å². The molecule has 1 unspecified atom stereocenters. The number of ether oxygens (including phenoxy) is 1. The molecule has 2 rings (SSSR count). The molecule has 15 heavy (non-hydrogen) atoms. The zero-order valence-corrected chi connectivity index (χ0v) is 8.52. The van der Waals surface area contributed by atoms with Crippen LogP contribution in [-0.2, 0) is 0 Å². The normalized spacial score (nSPS) is 16.3. The molecule has 3 N–H and O–H groups in total. The van der Waals surface area contributed by atoms with Gasteiger partial charge in [-0.1, -0.05) is 18.2 Å². The van der Waals surface area contributed by atoms with Crippen molar-refractivity contribution in [1.82, 2.24) is 0 Å². The predicted molar refractivity (Wildman–Crippen MR) is 59.6 cm³/mol. The van der Waals surface area contributed by atoms with E-state index in [9.17, 15) is 0 Å². The lowest BCUT2D eigenvalue weighted by atomic mass is 10.0. The Kier molecular flexibility index (Phi) is 3.04. The third kappa shape index (κ3) is 2.19. The van der Waals surface area contributed by atoms with Crippen LogP contribution in [0.4, 0.5) is 0 Å². The standard InChI is InChI=1S/C12H15NO2/c13-11(5-6-14)10-7-9-3-1-2-4-12(9)15-8-10/h1-4,7,11,14H,5-6,8,13H2. The van der Waals surface area contributed by atoms with E-state index >= 15 is 0 Å². The minimum Gasteiger partial charge on any atom is -0.489 e. The van der Waals surface area contributed by atoms with Gasteiger partial charge in [-0.25, -0.2) is 0 Å². The van der Waals surface area contributed by atoms with Gasteiger partial charge in [0, 0.05) is 18.2 Å². The maximum Gasteiger partial charge on any atom is 0.127 e. The van der Waals surface area contributed by atoms with Crippen LogP contribution in [0.5, 0.6) is 5.75 Å². The maximum atomic E-state index is 8.81. The molecule has 0 bridgehead atoms. The van der Waals surface area contributed by atoms with Gasteiger partial charge in [-0.2, -0.15) is 0 Å².